The number of rotatable bonds is 9. The van der Waals surface area contributed by atoms with Gasteiger partial charge in [0.15, 0.2) is 0 Å². The first kappa shape index (κ1) is 22.9. The van der Waals surface area contributed by atoms with E-state index in [1.807, 2.05) is 24.3 Å². The lowest BCUT2D eigenvalue weighted by Gasteiger charge is -2.16. The Morgan fingerprint density at radius 3 is 2.39 bits per heavy atom. The summed E-state index contributed by atoms with van der Waals surface area (Å²) < 4.78 is 32.2. The molecule has 0 unspecified atom stereocenters. The van der Waals surface area contributed by atoms with Crippen LogP contribution in [-0.2, 0) is 30.8 Å². The maximum Gasteiger partial charge on any atom is 0.240 e. The molecule has 0 saturated carbocycles. The van der Waals surface area contributed by atoms with E-state index < -0.39 is 10.0 Å². The largest absolute Gasteiger partial charge is 0.383 e. The fourth-order valence-corrected chi connectivity index (χ4v) is 4.67. The molecule has 2 amide bonds. The quantitative estimate of drug-likeness (QED) is 0.616. The summed E-state index contributed by atoms with van der Waals surface area (Å²) in [5.74, 6) is -0.0910. The summed E-state index contributed by atoms with van der Waals surface area (Å²) in [5, 5.41) is 2.77. The van der Waals surface area contributed by atoms with Gasteiger partial charge < -0.3 is 15.0 Å². The maximum atomic E-state index is 12.4. The molecule has 0 bridgehead atoms. The van der Waals surface area contributed by atoms with Crippen LogP contribution < -0.4 is 14.9 Å². The number of carbonyl (C=O) groups is 2. The highest BCUT2D eigenvalue weighted by atomic mass is 32.2. The second kappa shape index (κ2) is 10.0. The van der Waals surface area contributed by atoms with E-state index in [0.29, 0.717) is 12.1 Å². The Morgan fingerprint density at radius 1 is 1.13 bits per heavy atom. The van der Waals surface area contributed by atoms with Crippen molar-refractivity contribution in [1.29, 1.82) is 0 Å². The third-order valence-electron chi connectivity index (χ3n) is 4.91. The lowest BCUT2D eigenvalue weighted by Crippen LogP contribution is -2.35. The van der Waals surface area contributed by atoms with Gasteiger partial charge in [0.2, 0.25) is 21.8 Å². The fraction of sp³-hybridized carbons (Fsp3) is 0.364. The van der Waals surface area contributed by atoms with Crippen molar-refractivity contribution in [3.05, 3.63) is 54.1 Å². The minimum Gasteiger partial charge on any atom is -0.383 e. The van der Waals surface area contributed by atoms with Crippen LogP contribution in [0.4, 0.5) is 11.4 Å². The summed E-state index contributed by atoms with van der Waals surface area (Å²) >= 11 is 0. The second-order valence-corrected chi connectivity index (χ2v) is 9.26. The number of ether oxygens (including phenoxy) is 1. The lowest BCUT2D eigenvalue weighted by molar-refractivity contribution is -0.117. The van der Waals surface area contributed by atoms with Crippen LogP contribution in [0.2, 0.25) is 0 Å². The molecule has 1 heterocycles. The Hall–Kier alpha value is -2.75. The maximum absolute atomic E-state index is 12.4. The SMILES string of the molecule is COC[C@H](C)NS(=O)(=O)c1ccc(NC(=O)Cc2ccc(N3CCCC3=O)cc2)cc1. The van der Waals surface area contributed by atoms with Crippen molar-refractivity contribution in [2.75, 3.05) is 30.5 Å². The average molecular weight is 446 g/mol. The molecule has 0 spiro atoms. The average Bonchev–Trinajstić information content (AvgIpc) is 3.14. The first-order valence-electron chi connectivity index (χ1n) is 10.1. The highest BCUT2D eigenvalue weighted by molar-refractivity contribution is 7.89. The van der Waals surface area contributed by atoms with E-state index in [1.165, 1.54) is 19.2 Å². The molecule has 0 aliphatic carbocycles. The number of anilines is 2. The van der Waals surface area contributed by atoms with Crippen LogP contribution >= 0.6 is 0 Å². The van der Waals surface area contributed by atoms with Crippen LogP contribution in [-0.4, -0.2) is 46.5 Å². The molecule has 2 aromatic carbocycles. The topological polar surface area (TPSA) is 105 Å². The fourth-order valence-electron chi connectivity index (χ4n) is 3.44. The van der Waals surface area contributed by atoms with Crippen LogP contribution in [0.1, 0.15) is 25.3 Å². The van der Waals surface area contributed by atoms with Crippen molar-refractivity contribution in [2.24, 2.45) is 0 Å². The first-order valence-corrected chi connectivity index (χ1v) is 11.6. The van der Waals surface area contributed by atoms with E-state index in [2.05, 4.69) is 10.0 Å². The number of methoxy groups -OCH3 is 1. The zero-order valence-electron chi connectivity index (χ0n) is 17.6. The number of amides is 2. The third kappa shape index (κ3) is 6.13. The second-order valence-electron chi connectivity index (χ2n) is 7.54. The Bertz CT molecular complexity index is 1020. The van der Waals surface area contributed by atoms with Gasteiger partial charge in [-0.1, -0.05) is 12.1 Å². The number of nitrogens with zero attached hydrogens (tertiary/aromatic N) is 1. The van der Waals surface area contributed by atoms with Gasteiger partial charge in [-0.2, -0.15) is 0 Å². The molecule has 1 saturated heterocycles. The Labute approximate surface area is 182 Å². The van der Waals surface area contributed by atoms with Gasteiger partial charge >= 0.3 is 0 Å². The monoisotopic (exact) mass is 445 g/mol. The summed E-state index contributed by atoms with van der Waals surface area (Å²) in [6, 6.07) is 13.0. The van der Waals surface area contributed by atoms with Crippen molar-refractivity contribution in [2.45, 2.75) is 37.1 Å². The van der Waals surface area contributed by atoms with E-state index in [1.54, 1.807) is 24.0 Å². The molecule has 1 fully saturated rings. The first-order chi connectivity index (χ1) is 14.8. The highest BCUT2D eigenvalue weighted by Gasteiger charge is 2.21. The molecule has 1 atom stereocenters. The van der Waals surface area contributed by atoms with Gasteiger partial charge in [-0.3, -0.25) is 9.59 Å². The van der Waals surface area contributed by atoms with Crippen molar-refractivity contribution >= 4 is 33.2 Å². The van der Waals surface area contributed by atoms with E-state index in [-0.39, 0.29) is 35.8 Å². The molecule has 2 aromatic rings. The Balaban J connectivity index is 1.56. The number of carbonyl (C=O) groups excluding carboxylic acids is 2. The zero-order valence-corrected chi connectivity index (χ0v) is 18.4. The van der Waals surface area contributed by atoms with Gasteiger partial charge in [0.1, 0.15) is 0 Å². The van der Waals surface area contributed by atoms with Crippen LogP contribution in [0.25, 0.3) is 0 Å². The van der Waals surface area contributed by atoms with Crippen LogP contribution in [0.15, 0.2) is 53.4 Å². The molecule has 2 N–H and O–H groups in total. The summed E-state index contributed by atoms with van der Waals surface area (Å²) in [5.41, 5.74) is 2.17. The molecule has 9 heteroatoms. The van der Waals surface area contributed by atoms with Gasteiger partial charge in [-0.25, -0.2) is 13.1 Å². The predicted molar refractivity (Wildman–Crippen MR) is 118 cm³/mol. The van der Waals surface area contributed by atoms with Gasteiger partial charge in [-0.15, -0.1) is 0 Å². The molecule has 166 valence electrons. The minimum atomic E-state index is -3.66. The summed E-state index contributed by atoms with van der Waals surface area (Å²) in [4.78, 5) is 26.0. The molecule has 1 aliphatic rings. The minimum absolute atomic E-state index is 0.112. The molecular formula is C22H27N3O5S. The van der Waals surface area contributed by atoms with Crippen molar-refractivity contribution in [3.63, 3.8) is 0 Å². The summed E-state index contributed by atoms with van der Waals surface area (Å²) in [6.07, 6.45) is 1.61. The van der Waals surface area contributed by atoms with Crippen molar-refractivity contribution in [3.8, 4) is 0 Å². The summed E-state index contributed by atoms with van der Waals surface area (Å²) in [6.45, 7) is 2.71. The van der Waals surface area contributed by atoms with Crippen molar-refractivity contribution in [1.82, 2.24) is 4.72 Å². The number of sulfonamides is 1. The molecule has 3 rings (SSSR count). The normalized spacial score (nSPS) is 15.2. The van der Waals surface area contributed by atoms with Gasteiger partial charge in [0.05, 0.1) is 17.9 Å². The van der Waals surface area contributed by atoms with Gasteiger partial charge in [0.25, 0.3) is 0 Å². The van der Waals surface area contributed by atoms with Gasteiger partial charge in [-0.05, 0) is 55.3 Å². The van der Waals surface area contributed by atoms with E-state index in [4.69, 9.17) is 4.74 Å². The van der Waals surface area contributed by atoms with Gasteiger partial charge in [0, 0.05) is 37.5 Å². The molecule has 0 aromatic heterocycles. The third-order valence-corrected chi connectivity index (χ3v) is 6.51. The molecule has 1 aliphatic heterocycles. The smallest absolute Gasteiger partial charge is 0.240 e. The molecular weight excluding hydrogens is 418 g/mol. The number of benzene rings is 2. The molecule has 31 heavy (non-hydrogen) atoms. The van der Waals surface area contributed by atoms with Crippen LogP contribution in [0.5, 0.6) is 0 Å². The Morgan fingerprint density at radius 2 is 1.81 bits per heavy atom. The standard InChI is InChI=1S/C22H27N3O5S/c1-16(15-30-2)24-31(28,29)20-11-7-18(8-12-20)23-21(26)14-17-5-9-19(10-6-17)25-13-3-4-22(25)27/h5-12,16,24H,3-4,13-15H2,1-2H3,(H,23,26)/t16-/m0/s1. The van der Waals surface area contributed by atoms with Crippen molar-refractivity contribution < 1.29 is 22.7 Å². The van der Waals surface area contributed by atoms with E-state index >= 15 is 0 Å². The van der Waals surface area contributed by atoms with Crippen LogP contribution in [0, 0.1) is 0 Å². The number of hydrogen-bond acceptors (Lipinski definition) is 5. The summed E-state index contributed by atoms with van der Waals surface area (Å²) in [7, 11) is -2.16. The highest BCUT2D eigenvalue weighted by Crippen LogP contribution is 2.22. The molecule has 0 radical (unpaired) electrons. The van der Waals surface area contributed by atoms with E-state index in [0.717, 1.165) is 24.2 Å². The van der Waals surface area contributed by atoms with E-state index in [9.17, 15) is 18.0 Å². The zero-order chi connectivity index (χ0) is 22.4. The molecule has 8 nitrogen and oxygen atoms in total. The van der Waals surface area contributed by atoms with Crippen LogP contribution in [0.3, 0.4) is 0 Å². The number of nitrogens with one attached hydrogen (secondary N) is 2. The predicted octanol–water partition coefficient (Wildman–Crippen LogP) is 2.31. The number of hydrogen-bond donors (Lipinski definition) is 2. The Kier molecular flexibility index (Phi) is 7.42. The lowest BCUT2D eigenvalue weighted by atomic mass is 10.1.